The zero-order valence-corrected chi connectivity index (χ0v) is 16.2. The number of carbonyl (C=O) groups excluding carboxylic acids is 4. The number of imidazole rings is 2. The fraction of sp³-hybridized carbons (Fsp3) is 0. The van der Waals surface area contributed by atoms with E-state index in [4.69, 9.17) is 21.1 Å². The van der Waals surface area contributed by atoms with E-state index in [0.717, 1.165) is 21.6 Å². The van der Waals surface area contributed by atoms with Crippen molar-refractivity contribution >= 4 is 45.8 Å². The molecule has 12 heteroatoms. The van der Waals surface area contributed by atoms with Crippen LogP contribution < -0.4 is 21.1 Å². The molecular weight excluding hydrogens is 420 g/mol. The molecule has 2 aromatic heterocycles. The number of hydrogen-bond donors (Lipinski definition) is 2. The summed E-state index contributed by atoms with van der Waals surface area (Å²) >= 11 is 0. The predicted octanol–water partition coefficient (Wildman–Crippen LogP) is -0.249. The molecule has 0 atom stereocenters. The molecule has 0 radical (unpaired) electrons. The van der Waals surface area contributed by atoms with E-state index in [9.17, 15) is 19.2 Å². The molecule has 32 heavy (non-hydrogen) atoms. The van der Waals surface area contributed by atoms with Crippen molar-refractivity contribution in [1.82, 2.24) is 19.4 Å². The van der Waals surface area contributed by atoms with Gasteiger partial charge in [-0.3, -0.25) is 9.59 Å². The van der Waals surface area contributed by atoms with Crippen molar-refractivity contribution in [3.05, 3.63) is 72.3 Å². The Hall–Kier alpha value is -5.00. The number of carbonyl (C=O) groups is 4. The zero-order valence-electron chi connectivity index (χ0n) is 16.2. The summed E-state index contributed by atoms with van der Waals surface area (Å²) in [6.45, 7) is 0. The summed E-state index contributed by atoms with van der Waals surface area (Å²) in [6.07, 6.45) is 4.07. The van der Waals surface area contributed by atoms with Crippen molar-refractivity contribution in [3.63, 3.8) is 0 Å². The van der Waals surface area contributed by atoms with E-state index in [-0.39, 0.29) is 22.2 Å². The minimum absolute atomic E-state index is 0.170. The van der Waals surface area contributed by atoms with Crippen LogP contribution in [0.5, 0.6) is 0 Å². The molecular formula is C20H14N6O6. The van der Waals surface area contributed by atoms with E-state index in [1.165, 1.54) is 24.8 Å². The predicted molar refractivity (Wildman–Crippen MR) is 109 cm³/mol. The zero-order chi connectivity index (χ0) is 22.8. The molecule has 2 heterocycles. The van der Waals surface area contributed by atoms with E-state index in [0.29, 0.717) is 11.0 Å². The van der Waals surface area contributed by atoms with Crippen LogP contribution in [0.3, 0.4) is 0 Å². The number of amides is 2. The summed E-state index contributed by atoms with van der Waals surface area (Å²) in [5.41, 5.74) is 12.1. The van der Waals surface area contributed by atoms with Gasteiger partial charge in [0.2, 0.25) is 0 Å². The topological polar surface area (TPSA) is 174 Å². The molecule has 0 saturated carbocycles. The summed E-state index contributed by atoms with van der Waals surface area (Å²) in [4.78, 5) is 65.3. The van der Waals surface area contributed by atoms with E-state index in [1.54, 1.807) is 24.3 Å². The van der Waals surface area contributed by atoms with Crippen molar-refractivity contribution in [1.29, 1.82) is 0 Å². The minimum atomic E-state index is -0.905. The second-order valence-corrected chi connectivity index (χ2v) is 6.37. The van der Waals surface area contributed by atoms with Crippen molar-refractivity contribution in [2.45, 2.75) is 0 Å². The molecule has 0 aliphatic rings. The van der Waals surface area contributed by atoms with Crippen molar-refractivity contribution in [2.75, 3.05) is 0 Å². The normalized spacial score (nSPS) is 11.1. The van der Waals surface area contributed by atoms with Gasteiger partial charge in [0.25, 0.3) is 11.8 Å². The molecule has 4 aromatic rings. The van der Waals surface area contributed by atoms with E-state index in [1.807, 2.05) is 0 Å². The number of hydrogen-bond acceptors (Lipinski definition) is 8. The Labute approximate surface area is 178 Å². The van der Waals surface area contributed by atoms with Crippen LogP contribution in [0.25, 0.3) is 22.1 Å². The second-order valence-electron chi connectivity index (χ2n) is 6.37. The van der Waals surface area contributed by atoms with Crippen LogP contribution in [0.1, 0.15) is 20.7 Å². The average Bonchev–Trinajstić information content (AvgIpc) is 3.36. The number of fused-ring (bicyclic) bond motifs is 2. The molecule has 2 aromatic carbocycles. The molecule has 0 aliphatic heterocycles. The fourth-order valence-electron chi connectivity index (χ4n) is 2.97. The SMILES string of the molecule is NC(=O)c1cccc2c1ncn2OC(=O)/C=C/C(=O)On1cnc2c(C(N)=O)cccc21. The van der Waals surface area contributed by atoms with E-state index in [2.05, 4.69) is 9.97 Å². The average molecular weight is 434 g/mol. The molecule has 160 valence electrons. The third kappa shape index (κ3) is 3.75. The molecule has 0 unspecified atom stereocenters. The first-order valence-corrected chi connectivity index (χ1v) is 8.99. The van der Waals surface area contributed by atoms with Crippen LogP contribution in [-0.4, -0.2) is 43.2 Å². The van der Waals surface area contributed by atoms with Crippen molar-refractivity contribution < 1.29 is 28.9 Å². The maximum atomic E-state index is 12.1. The van der Waals surface area contributed by atoms with Crippen LogP contribution in [0, 0.1) is 0 Å². The lowest BCUT2D eigenvalue weighted by Gasteiger charge is -2.04. The molecule has 0 bridgehead atoms. The number of nitrogens with two attached hydrogens (primary N) is 2. The van der Waals surface area contributed by atoms with Gasteiger partial charge in [0, 0.05) is 12.2 Å². The minimum Gasteiger partial charge on any atom is -0.366 e. The standard InChI is InChI=1S/C20H14N6O6/c21-19(29)11-3-1-5-13-17(11)23-9-25(13)31-15(27)7-8-16(28)32-26-10-24-18-12(20(22)30)4-2-6-14(18)26/h1-10H,(H2,21,29)(H2,22,30)/b8-7+. The number of aromatic nitrogens is 4. The van der Waals surface area contributed by atoms with Gasteiger partial charge in [-0.1, -0.05) is 12.1 Å². The summed E-state index contributed by atoms with van der Waals surface area (Å²) in [5, 5.41) is 0. The van der Waals surface area contributed by atoms with Crippen LogP contribution in [-0.2, 0) is 9.59 Å². The molecule has 0 fully saturated rings. The molecule has 0 saturated heterocycles. The highest BCUT2D eigenvalue weighted by molar-refractivity contribution is 6.05. The highest BCUT2D eigenvalue weighted by Crippen LogP contribution is 2.17. The molecule has 4 rings (SSSR count). The first-order valence-electron chi connectivity index (χ1n) is 8.99. The van der Waals surface area contributed by atoms with Gasteiger partial charge < -0.3 is 21.1 Å². The van der Waals surface area contributed by atoms with Crippen LogP contribution >= 0.6 is 0 Å². The Bertz CT molecular complexity index is 1330. The lowest BCUT2D eigenvalue weighted by Crippen LogP contribution is -2.19. The largest absolute Gasteiger partial charge is 0.366 e. The van der Waals surface area contributed by atoms with Gasteiger partial charge in [0.15, 0.2) is 0 Å². The maximum Gasteiger partial charge on any atom is 0.356 e. The summed E-state index contributed by atoms with van der Waals surface area (Å²) < 4.78 is 2.07. The molecule has 0 spiro atoms. The Morgan fingerprint density at radius 1 is 0.719 bits per heavy atom. The van der Waals surface area contributed by atoms with Gasteiger partial charge >= 0.3 is 11.9 Å². The van der Waals surface area contributed by atoms with Crippen molar-refractivity contribution in [3.8, 4) is 0 Å². The van der Waals surface area contributed by atoms with E-state index >= 15 is 0 Å². The number of para-hydroxylation sites is 2. The van der Waals surface area contributed by atoms with Gasteiger partial charge in [-0.2, -0.15) is 9.46 Å². The van der Waals surface area contributed by atoms with Gasteiger partial charge in [-0.05, 0) is 24.3 Å². The lowest BCUT2D eigenvalue weighted by molar-refractivity contribution is -0.140. The third-order valence-electron chi connectivity index (χ3n) is 4.35. The second kappa shape index (κ2) is 8.02. The molecule has 0 aliphatic carbocycles. The lowest BCUT2D eigenvalue weighted by atomic mass is 10.2. The quantitative estimate of drug-likeness (QED) is 0.391. The van der Waals surface area contributed by atoms with Gasteiger partial charge in [0.1, 0.15) is 34.7 Å². The smallest absolute Gasteiger partial charge is 0.356 e. The third-order valence-corrected chi connectivity index (χ3v) is 4.35. The Balaban J connectivity index is 1.46. The van der Waals surface area contributed by atoms with Crippen LogP contribution in [0.4, 0.5) is 0 Å². The fourth-order valence-corrected chi connectivity index (χ4v) is 2.97. The molecule has 4 N–H and O–H groups in total. The first kappa shape index (κ1) is 20.3. The van der Waals surface area contributed by atoms with Gasteiger partial charge in [-0.25, -0.2) is 19.6 Å². The maximum absolute atomic E-state index is 12.1. The summed E-state index contributed by atoms with van der Waals surface area (Å²) in [5.74, 6) is -3.16. The number of rotatable bonds is 6. The number of nitrogens with zero attached hydrogens (tertiary/aromatic N) is 4. The van der Waals surface area contributed by atoms with Gasteiger partial charge in [-0.15, -0.1) is 0 Å². The number of benzene rings is 2. The number of primary amides is 2. The molecule has 2 amide bonds. The monoisotopic (exact) mass is 434 g/mol. The van der Waals surface area contributed by atoms with E-state index < -0.39 is 23.8 Å². The Morgan fingerprint density at radius 2 is 1.12 bits per heavy atom. The van der Waals surface area contributed by atoms with Crippen molar-refractivity contribution in [2.24, 2.45) is 11.5 Å². The highest BCUT2D eigenvalue weighted by atomic mass is 16.7. The van der Waals surface area contributed by atoms with Crippen LogP contribution in [0.2, 0.25) is 0 Å². The van der Waals surface area contributed by atoms with Gasteiger partial charge in [0.05, 0.1) is 11.1 Å². The Kier molecular flexibility index (Phi) is 5.09. The molecule has 12 nitrogen and oxygen atoms in total. The summed E-state index contributed by atoms with van der Waals surface area (Å²) in [6, 6.07) is 9.24. The highest BCUT2D eigenvalue weighted by Gasteiger charge is 2.15. The van der Waals surface area contributed by atoms with Crippen LogP contribution in [0.15, 0.2) is 61.2 Å². The first-order chi connectivity index (χ1) is 15.3. The summed E-state index contributed by atoms with van der Waals surface area (Å²) in [7, 11) is 0. The Morgan fingerprint density at radius 3 is 1.50 bits per heavy atom.